The van der Waals surface area contributed by atoms with E-state index in [2.05, 4.69) is 9.88 Å². The molecule has 1 atom stereocenters. The van der Waals surface area contributed by atoms with Gasteiger partial charge in [-0.15, -0.1) is 0 Å². The van der Waals surface area contributed by atoms with Gasteiger partial charge in [0.05, 0.1) is 35.8 Å². The summed E-state index contributed by atoms with van der Waals surface area (Å²) in [5, 5.41) is 10.0. The molecule has 4 rings (SSSR count). The van der Waals surface area contributed by atoms with E-state index in [1.807, 2.05) is 24.3 Å². The van der Waals surface area contributed by atoms with Crippen molar-refractivity contribution in [1.82, 2.24) is 24.0 Å². The number of hydrogen-bond donors (Lipinski definition) is 1. The fourth-order valence-electron chi connectivity index (χ4n) is 3.86. The van der Waals surface area contributed by atoms with E-state index in [9.17, 15) is 14.7 Å². The van der Waals surface area contributed by atoms with Gasteiger partial charge in [0.1, 0.15) is 5.82 Å². The lowest BCUT2D eigenvalue weighted by molar-refractivity contribution is 0.221. The van der Waals surface area contributed by atoms with Crippen LogP contribution in [0.1, 0.15) is 30.4 Å². The number of aromatic nitrogens is 4. The third kappa shape index (κ3) is 3.36. The number of hydrogen-bond acceptors (Lipinski definition) is 6. The average Bonchev–Trinajstić information content (AvgIpc) is 3.15. The van der Waals surface area contributed by atoms with Gasteiger partial charge in [0.25, 0.3) is 5.56 Å². The molecule has 1 saturated heterocycles. The molecule has 146 valence electrons. The van der Waals surface area contributed by atoms with Crippen molar-refractivity contribution in [3.05, 3.63) is 68.9 Å². The van der Waals surface area contributed by atoms with Crippen molar-refractivity contribution in [2.75, 3.05) is 13.2 Å². The Hall–Kier alpha value is -2.84. The molecule has 1 N–H and O–H groups in total. The van der Waals surface area contributed by atoms with E-state index < -0.39 is 0 Å². The number of benzene rings is 1. The molecule has 0 aliphatic carbocycles. The van der Waals surface area contributed by atoms with Crippen LogP contribution in [0, 0.1) is 0 Å². The summed E-state index contributed by atoms with van der Waals surface area (Å²) in [5.74, 6) is 0.666. The zero-order valence-electron chi connectivity index (χ0n) is 15.8. The zero-order valence-corrected chi connectivity index (χ0v) is 15.8. The second kappa shape index (κ2) is 7.65. The van der Waals surface area contributed by atoms with Crippen molar-refractivity contribution >= 4 is 10.9 Å². The van der Waals surface area contributed by atoms with Crippen molar-refractivity contribution in [2.24, 2.45) is 7.05 Å². The van der Waals surface area contributed by atoms with Crippen molar-refractivity contribution in [3.63, 3.8) is 0 Å². The van der Waals surface area contributed by atoms with Crippen LogP contribution in [-0.2, 0) is 20.1 Å². The Morgan fingerprint density at radius 2 is 2.00 bits per heavy atom. The summed E-state index contributed by atoms with van der Waals surface area (Å²) in [6, 6.07) is 9.06. The first kappa shape index (κ1) is 18.5. The van der Waals surface area contributed by atoms with Gasteiger partial charge in [-0.2, -0.15) is 4.98 Å². The molecule has 0 saturated carbocycles. The quantitative estimate of drug-likeness (QED) is 0.703. The van der Waals surface area contributed by atoms with Gasteiger partial charge in [0.2, 0.25) is 0 Å². The summed E-state index contributed by atoms with van der Waals surface area (Å²) >= 11 is 0. The van der Waals surface area contributed by atoms with Crippen LogP contribution in [0.25, 0.3) is 10.9 Å². The molecule has 0 spiro atoms. The topological polar surface area (TPSA) is 93.2 Å². The van der Waals surface area contributed by atoms with Gasteiger partial charge in [-0.25, -0.2) is 9.78 Å². The first-order valence-corrected chi connectivity index (χ1v) is 9.45. The standard InChI is InChI=1S/C20H23N5O3/c1-23-10-8-14(21-20(23)28)13-24-9-4-7-17(24)18-22-16-6-3-2-5-15(16)19(27)25(18)11-12-26/h2-3,5-6,8,10,17,26H,4,7,9,11-13H2,1H3. The smallest absolute Gasteiger partial charge is 0.347 e. The molecule has 3 heterocycles. The number of aliphatic hydroxyl groups is 1. The summed E-state index contributed by atoms with van der Waals surface area (Å²) in [6.45, 7) is 1.43. The number of nitrogens with zero attached hydrogens (tertiary/aromatic N) is 5. The highest BCUT2D eigenvalue weighted by molar-refractivity contribution is 5.77. The lowest BCUT2D eigenvalue weighted by Gasteiger charge is -2.26. The number of aliphatic hydroxyl groups excluding tert-OH is 1. The van der Waals surface area contributed by atoms with Crippen LogP contribution in [0.15, 0.2) is 46.1 Å². The van der Waals surface area contributed by atoms with Crippen molar-refractivity contribution in [2.45, 2.75) is 32.0 Å². The second-order valence-electron chi connectivity index (χ2n) is 7.11. The minimum Gasteiger partial charge on any atom is -0.395 e. The predicted molar refractivity (Wildman–Crippen MR) is 105 cm³/mol. The maximum Gasteiger partial charge on any atom is 0.347 e. The van der Waals surface area contributed by atoms with Gasteiger partial charge in [-0.1, -0.05) is 12.1 Å². The highest BCUT2D eigenvalue weighted by Gasteiger charge is 2.30. The van der Waals surface area contributed by atoms with E-state index in [1.165, 1.54) is 4.57 Å². The first-order chi connectivity index (χ1) is 13.6. The molecule has 8 heteroatoms. The zero-order chi connectivity index (χ0) is 19.7. The van der Waals surface area contributed by atoms with Gasteiger partial charge < -0.3 is 9.67 Å². The summed E-state index contributed by atoms with van der Waals surface area (Å²) in [4.78, 5) is 35.9. The molecule has 0 radical (unpaired) electrons. The maximum absolute atomic E-state index is 13.0. The highest BCUT2D eigenvalue weighted by atomic mass is 16.3. The van der Waals surface area contributed by atoms with Gasteiger partial charge in [-0.3, -0.25) is 14.3 Å². The Morgan fingerprint density at radius 3 is 2.79 bits per heavy atom. The van der Waals surface area contributed by atoms with E-state index in [0.717, 1.165) is 19.4 Å². The molecule has 0 bridgehead atoms. The van der Waals surface area contributed by atoms with Crippen molar-refractivity contribution in [3.8, 4) is 0 Å². The molecule has 0 amide bonds. The third-order valence-corrected chi connectivity index (χ3v) is 5.27. The third-order valence-electron chi connectivity index (χ3n) is 5.27. The average molecular weight is 381 g/mol. The molecular formula is C20H23N5O3. The van der Waals surface area contributed by atoms with Crippen LogP contribution in [-0.4, -0.2) is 42.3 Å². The monoisotopic (exact) mass is 381 g/mol. The van der Waals surface area contributed by atoms with Gasteiger partial charge >= 0.3 is 5.69 Å². The fourth-order valence-corrected chi connectivity index (χ4v) is 3.86. The molecular weight excluding hydrogens is 358 g/mol. The van der Waals surface area contributed by atoms with E-state index in [1.54, 1.807) is 23.9 Å². The molecule has 1 fully saturated rings. The Bertz CT molecular complexity index is 1120. The second-order valence-corrected chi connectivity index (χ2v) is 7.11. The van der Waals surface area contributed by atoms with Crippen LogP contribution in [0.2, 0.25) is 0 Å². The number of para-hydroxylation sites is 1. The molecule has 2 aromatic heterocycles. The highest BCUT2D eigenvalue weighted by Crippen LogP contribution is 2.32. The number of fused-ring (bicyclic) bond motifs is 1. The molecule has 28 heavy (non-hydrogen) atoms. The summed E-state index contributed by atoms with van der Waals surface area (Å²) in [7, 11) is 1.67. The largest absolute Gasteiger partial charge is 0.395 e. The molecule has 1 aliphatic heterocycles. The van der Waals surface area contributed by atoms with Crippen molar-refractivity contribution < 1.29 is 5.11 Å². The van der Waals surface area contributed by atoms with E-state index >= 15 is 0 Å². The fraction of sp³-hybridized carbons (Fsp3) is 0.400. The van der Waals surface area contributed by atoms with Gasteiger partial charge in [0.15, 0.2) is 0 Å². The first-order valence-electron chi connectivity index (χ1n) is 9.45. The van der Waals surface area contributed by atoms with Crippen LogP contribution >= 0.6 is 0 Å². The minimum absolute atomic E-state index is 0.0604. The number of likely N-dealkylation sites (tertiary alicyclic amines) is 1. The minimum atomic E-state index is -0.283. The van der Waals surface area contributed by atoms with Crippen LogP contribution in [0.4, 0.5) is 0 Å². The van der Waals surface area contributed by atoms with Gasteiger partial charge in [-0.05, 0) is 37.6 Å². The summed E-state index contributed by atoms with van der Waals surface area (Å²) in [5.41, 5.74) is 0.949. The Kier molecular flexibility index (Phi) is 5.06. The summed E-state index contributed by atoms with van der Waals surface area (Å²) < 4.78 is 3.03. The molecule has 8 nitrogen and oxygen atoms in total. The number of aryl methyl sites for hydroxylation is 1. The van der Waals surface area contributed by atoms with E-state index in [4.69, 9.17) is 4.98 Å². The van der Waals surface area contributed by atoms with E-state index in [0.29, 0.717) is 29.0 Å². The molecule has 1 aliphatic rings. The maximum atomic E-state index is 13.0. The Balaban J connectivity index is 1.75. The lowest BCUT2D eigenvalue weighted by Crippen LogP contribution is -2.33. The normalized spacial score (nSPS) is 17.4. The van der Waals surface area contributed by atoms with Crippen LogP contribution < -0.4 is 11.2 Å². The number of rotatable bonds is 5. The SMILES string of the molecule is Cn1ccc(CN2CCCC2c2nc3ccccc3c(=O)n2CCO)nc1=O. The Labute approximate surface area is 161 Å². The lowest BCUT2D eigenvalue weighted by atomic mass is 10.1. The van der Waals surface area contributed by atoms with Crippen molar-refractivity contribution in [1.29, 1.82) is 0 Å². The Morgan fingerprint density at radius 1 is 1.18 bits per heavy atom. The predicted octanol–water partition coefficient (Wildman–Crippen LogP) is 0.820. The van der Waals surface area contributed by atoms with E-state index in [-0.39, 0.29) is 30.4 Å². The van der Waals surface area contributed by atoms with Crippen LogP contribution in [0.3, 0.4) is 0 Å². The molecule has 1 aromatic carbocycles. The molecule has 1 unspecified atom stereocenters. The summed E-state index contributed by atoms with van der Waals surface area (Å²) in [6.07, 6.45) is 3.55. The van der Waals surface area contributed by atoms with Gasteiger partial charge in [0, 0.05) is 19.8 Å². The van der Waals surface area contributed by atoms with Crippen LogP contribution in [0.5, 0.6) is 0 Å². The molecule has 3 aromatic rings.